The van der Waals surface area contributed by atoms with E-state index < -0.39 is 0 Å². The first-order chi connectivity index (χ1) is 6.63. The second kappa shape index (κ2) is 3.73. The van der Waals surface area contributed by atoms with Crippen molar-refractivity contribution in [2.24, 2.45) is 5.73 Å². The van der Waals surface area contributed by atoms with Gasteiger partial charge in [-0.1, -0.05) is 48.2 Å². The van der Waals surface area contributed by atoms with Gasteiger partial charge in [0.15, 0.2) is 0 Å². The largest absolute Gasteiger partial charge is 0.321 e. The summed E-state index contributed by atoms with van der Waals surface area (Å²) >= 11 is 12.1. The van der Waals surface area contributed by atoms with Gasteiger partial charge < -0.3 is 5.73 Å². The normalized spacial score (nSPS) is 19.9. The zero-order valence-corrected chi connectivity index (χ0v) is 9.41. The highest BCUT2D eigenvalue weighted by Crippen LogP contribution is 2.41. The minimum atomic E-state index is -0.248. The van der Waals surface area contributed by atoms with E-state index in [1.165, 1.54) is 12.8 Å². The van der Waals surface area contributed by atoms with Crippen LogP contribution in [0.1, 0.15) is 31.2 Å². The van der Waals surface area contributed by atoms with E-state index in [2.05, 4.69) is 0 Å². The van der Waals surface area contributed by atoms with Crippen LogP contribution in [-0.2, 0) is 5.54 Å². The van der Waals surface area contributed by atoms with Crippen molar-refractivity contribution in [1.82, 2.24) is 0 Å². The predicted octanol–water partition coefficient (Wildman–Crippen LogP) is 3.72. The van der Waals surface area contributed by atoms with E-state index in [1.54, 1.807) is 6.07 Å². The van der Waals surface area contributed by atoms with Crippen LogP contribution in [-0.4, -0.2) is 0 Å². The average Bonchev–Trinajstić information content (AvgIpc) is 2.58. The Kier molecular flexibility index (Phi) is 2.74. The van der Waals surface area contributed by atoms with Crippen LogP contribution in [0.4, 0.5) is 0 Å². The molecule has 0 spiro atoms. The standard InChI is InChI=1S/C11H13Cl2N/c12-9-5-3-4-8(10(9)13)11(14)6-1-2-7-11/h3-5H,1-2,6-7,14H2. The number of rotatable bonds is 1. The fourth-order valence-electron chi connectivity index (χ4n) is 2.16. The van der Waals surface area contributed by atoms with Gasteiger partial charge in [0.1, 0.15) is 0 Å². The number of halogens is 2. The van der Waals surface area contributed by atoms with Crippen LogP contribution in [0, 0.1) is 0 Å². The molecule has 0 heterocycles. The van der Waals surface area contributed by atoms with Gasteiger partial charge in [-0.15, -0.1) is 0 Å². The van der Waals surface area contributed by atoms with Crippen LogP contribution in [0.25, 0.3) is 0 Å². The predicted molar refractivity (Wildman–Crippen MR) is 60.8 cm³/mol. The van der Waals surface area contributed by atoms with E-state index in [-0.39, 0.29) is 5.54 Å². The summed E-state index contributed by atoms with van der Waals surface area (Å²) in [6, 6.07) is 5.70. The summed E-state index contributed by atoms with van der Waals surface area (Å²) in [6.07, 6.45) is 4.37. The van der Waals surface area contributed by atoms with Crippen molar-refractivity contribution in [3.8, 4) is 0 Å². The lowest BCUT2D eigenvalue weighted by Gasteiger charge is -2.25. The van der Waals surface area contributed by atoms with Crippen molar-refractivity contribution in [1.29, 1.82) is 0 Å². The second-order valence-corrected chi connectivity index (χ2v) is 4.75. The SMILES string of the molecule is NC1(c2cccc(Cl)c2Cl)CCCC1. The highest BCUT2D eigenvalue weighted by atomic mass is 35.5. The Morgan fingerprint density at radius 3 is 2.43 bits per heavy atom. The fourth-order valence-corrected chi connectivity index (χ4v) is 2.65. The summed E-state index contributed by atoms with van der Waals surface area (Å²) in [4.78, 5) is 0. The molecule has 76 valence electrons. The van der Waals surface area contributed by atoms with E-state index in [9.17, 15) is 0 Å². The zero-order chi connectivity index (χ0) is 10.2. The molecule has 1 saturated carbocycles. The lowest BCUT2D eigenvalue weighted by Crippen LogP contribution is -2.33. The third-order valence-corrected chi connectivity index (χ3v) is 3.80. The molecule has 1 aliphatic carbocycles. The lowest BCUT2D eigenvalue weighted by atomic mass is 9.89. The molecule has 2 N–H and O–H groups in total. The molecule has 14 heavy (non-hydrogen) atoms. The maximum Gasteiger partial charge on any atom is 0.0642 e. The molecule has 0 bridgehead atoms. The molecular weight excluding hydrogens is 217 g/mol. The molecule has 0 unspecified atom stereocenters. The van der Waals surface area contributed by atoms with Crippen LogP contribution < -0.4 is 5.73 Å². The molecule has 0 amide bonds. The molecule has 3 heteroatoms. The van der Waals surface area contributed by atoms with Crippen LogP contribution in [0.2, 0.25) is 10.0 Å². The minimum Gasteiger partial charge on any atom is -0.321 e. The highest BCUT2D eigenvalue weighted by Gasteiger charge is 2.33. The molecule has 0 saturated heterocycles. The zero-order valence-electron chi connectivity index (χ0n) is 7.89. The van der Waals surface area contributed by atoms with Crippen molar-refractivity contribution in [3.05, 3.63) is 33.8 Å². The van der Waals surface area contributed by atoms with Crippen molar-refractivity contribution < 1.29 is 0 Å². The Hall–Kier alpha value is -0.240. The summed E-state index contributed by atoms with van der Waals surface area (Å²) in [6.45, 7) is 0. The molecule has 1 aromatic carbocycles. The average molecular weight is 230 g/mol. The maximum absolute atomic E-state index is 6.31. The molecule has 1 nitrogen and oxygen atoms in total. The lowest BCUT2D eigenvalue weighted by molar-refractivity contribution is 0.462. The number of benzene rings is 1. The van der Waals surface area contributed by atoms with Crippen molar-refractivity contribution in [2.75, 3.05) is 0 Å². The van der Waals surface area contributed by atoms with E-state index in [4.69, 9.17) is 28.9 Å². The van der Waals surface area contributed by atoms with Crippen LogP contribution in [0.15, 0.2) is 18.2 Å². The monoisotopic (exact) mass is 229 g/mol. The Bertz CT molecular complexity index is 343. The van der Waals surface area contributed by atoms with E-state index in [1.807, 2.05) is 12.1 Å². The molecule has 0 radical (unpaired) electrons. The van der Waals surface area contributed by atoms with Gasteiger partial charge in [0.25, 0.3) is 0 Å². The highest BCUT2D eigenvalue weighted by molar-refractivity contribution is 6.42. The Balaban J connectivity index is 2.45. The topological polar surface area (TPSA) is 26.0 Å². The van der Waals surface area contributed by atoms with Gasteiger partial charge in [-0.25, -0.2) is 0 Å². The second-order valence-electron chi connectivity index (χ2n) is 3.96. The first-order valence-electron chi connectivity index (χ1n) is 4.87. The van der Waals surface area contributed by atoms with Crippen LogP contribution in [0.5, 0.6) is 0 Å². The van der Waals surface area contributed by atoms with Gasteiger partial charge in [-0.05, 0) is 24.5 Å². The molecule has 0 aliphatic heterocycles. The molecule has 1 aliphatic rings. The smallest absolute Gasteiger partial charge is 0.0642 e. The summed E-state index contributed by atoms with van der Waals surface area (Å²) in [7, 11) is 0. The number of hydrogen-bond acceptors (Lipinski definition) is 1. The Morgan fingerprint density at radius 2 is 1.79 bits per heavy atom. The van der Waals surface area contributed by atoms with Crippen LogP contribution in [0.3, 0.4) is 0 Å². The quantitative estimate of drug-likeness (QED) is 0.781. The molecule has 1 fully saturated rings. The molecule has 0 atom stereocenters. The molecule has 0 aromatic heterocycles. The number of hydrogen-bond donors (Lipinski definition) is 1. The molecule has 2 rings (SSSR count). The first-order valence-corrected chi connectivity index (χ1v) is 5.62. The van der Waals surface area contributed by atoms with Gasteiger partial charge >= 0.3 is 0 Å². The minimum absolute atomic E-state index is 0.248. The Morgan fingerprint density at radius 1 is 1.14 bits per heavy atom. The van der Waals surface area contributed by atoms with Gasteiger partial charge in [-0.3, -0.25) is 0 Å². The Labute approximate surface area is 94.2 Å². The van der Waals surface area contributed by atoms with E-state index in [0.29, 0.717) is 10.0 Å². The van der Waals surface area contributed by atoms with Crippen molar-refractivity contribution in [3.63, 3.8) is 0 Å². The van der Waals surface area contributed by atoms with Gasteiger partial charge in [-0.2, -0.15) is 0 Å². The van der Waals surface area contributed by atoms with Gasteiger partial charge in [0.05, 0.1) is 10.0 Å². The molecular formula is C11H13Cl2N. The first kappa shape index (κ1) is 10.3. The van der Waals surface area contributed by atoms with Crippen LogP contribution >= 0.6 is 23.2 Å². The number of nitrogens with two attached hydrogens (primary N) is 1. The van der Waals surface area contributed by atoms with Gasteiger partial charge in [0, 0.05) is 5.54 Å². The summed E-state index contributed by atoms with van der Waals surface area (Å²) in [5.41, 5.74) is 7.06. The van der Waals surface area contributed by atoms with E-state index in [0.717, 1.165) is 18.4 Å². The van der Waals surface area contributed by atoms with Gasteiger partial charge in [0.2, 0.25) is 0 Å². The third-order valence-electron chi connectivity index (χ3n) is 2.98. The summed E-state index contributed by atoms with van der Waals surface area (Å²) in [5.74, 6) is 0. The fraction of sp³-hybridized carbons (Fsp3) is 0.455. The third kappa shape index (κ3) is 1.65. The summed E-state index contributed by atoms with van der Waals surface area (Å²) < 4.78 is 0. The summed E-state index contributed by atoms with van der Waals surface area (Å²) in [5, 5.41) is 1.22. The van der Waals surface area contributed by atoms with E-state index >= 15 is 0 Å². The van der Waals surface area contributed by atoms with Crippen molar-refractivity contribution in [2.45, 2.75) is 31.2 Å². The van der Waals surface area contributed by atoms with Crippen molar-refractivity contribution >= 4 is 23.2 Å². The maximum atomic E-state index is 6.31. The molecule has 1 aromatic rings.